The molecule has 3 aliphatic rings. The van der Waals surface area contributed by atoms with E-state index in [-0.39, 0.29) is 17.7 Å². The number of nitrogens with two attached hydrogens (primary N) is 1. The number of amides is 1. The molecule has 4 N–H and O–H groups in total. The highest BCUT2D eigenvalue weighted by atomic mass is 16.5. The van der Waals surface area contributed by atoms with Gasteiger partial charge in [-0.1, -0.05) is 49.4 Å². The molecule has 214 valence electrons. The number of carbonyl (C=O) groups is 6. The van der Waals surface area contributed by atoms with E-state index in [1.807, 2.05) is 0 Å². The first-order valence-corrected chi connectivity index (χ1v) is 13.2. The number of phenols is 1. The molecule has 0 saturated heterocycles. The maximum Gasteiger partial charge on any atom is 0.310 e. The van der Waals surface area contributed by atoms with E-state index in [0.29, 0.717) is 11.1 Å². The van der Waals surface area contributed by atoms with Crippen LogP contribution in [0.3, 0.4) is 0 Å². The second-order valence-electron chi connectivity index (χ2n) is 11.2. The van der Waals surface area contributed by atoms with E-state index < -0.39 is 82.3 Å². The molecule has 2 unspecified atom stereocenters. The highest BCUT2D eigenvalue weighted by Crippen LogP contribution is 2.55. The minimum atomic E-state index is -3.06. The summed E-state index contributed by atoms with van der Waals surface area (Å²) in [7, 11) is 2.91. The van der Waals surface area contributed by atoms with Gasteiger partial charge in [-0.2, -0.15) is 0 Å². The average Bonchev–Trinajstić information content (AvgIpc) is 2.90. The standard InChI is InChI=1S/C30H30N2O9/c1-13-15-10-7-11-16(33)19(15)24(35)20-18(13)26(41-17(34)12-14-8-5-4-6-9-14)22-23(32(2)3)25(36)21(29(31)39)28(38)30(22,40)27(20)37/h4-11,13,18,20-23,26,33,40H,12H2,1-3H3,(H2,31,39)/t13-,18+,20?,21?,22+,23-,26-,30-/m1/s1. The van der Waals surface area contributed by atoms with E-state index in [2.05, 4.69) is 0 Å². The van der Waals surface area contributed by atoms with Crippen molar-refractivity contribution in [2.45, 2.75) is 37.0 Å². The molecule has 0 bridgehead atoms. The van der Waals surface area contributed by atoms with Crippen molar-refractivity contribution in [3.63, 3.8) is 0 Å². The van der Waals surface area contributed by atoms with Crippen LogP contribution < -0.4 is 5.73 Å². The molecule has 11 nitrogen and oxygen atoms in total. The van der Waals surface area contributed by atoms with Crippen LogP contribution in [-0.4, -0.2) is 82.0 Å². The molecule has 0 heterocycles. The molecule has 0 spiro atoms. The summed E-state index contributed by atoms with van der Waals surface area (Å²) in [6.45, 7) is 1.68. The van der Waals surface area contributed by atoms with Gasteiger partial charge in [0.2, 0.25) is 5.91 Å². The average molecular weight is 563 g/mol. The fourth-order valence-electron chi connectivity index (χ4n) is 7.02. The molecule has 0 aliphatic heterocycles. The lowest BCUT2D eigenvalue weighted by Gasteiger charge is -2.56. The van der Waals surface area contributed by atoms with Crippen LogP contribution in [0.5, 0.6) is 5.75 Å². The number of carbonyl (C=O) groups excluding carboxylic acids is 6. The van der Waals surface area contributed by atoms with Gasteiger partial charge < -0.3 is 20.7 Å². The minimum Gasteiger partial charge on any atom is -0.507 e. The third-order valence-electron chi connectivity index (χ3n) is 8.78. The highest BCUT2D eigenvalue weighted by Gasteiger charge is 2.74. The number of hydrogen-bond donors (Lipinski definition) is 3. The van der Waals surface area contributed by atoms with E-state index in [9.17, 15) is 39.0 Å². The van der Waals surface area contributed by atoms with Crippen molar-refractivity contribution < 1.29 is 43.7 Å². The maximum atomic E-state index is 14.2. The number of Topliss-reactive ketones (excluding diaryl/α,β-unsaturated/α-hetero) is 4. The molecule has 2 aromatic carbocycles. The van der Waals surface area contributed by atoms with Gasteiger partial charge >= 0.3 is 5.97 Å². The van der Waals surface area contributed by atoms with Gasteiger partial charge in [-0.3, -0.25) is 33.7 Å². The first-order valence-electron chi connectivity index (χ1n) is 13.2. The molecule has 2 fully saturated rings. The van der Waals surface area contributed by atoms with E-state index in [1.54, 1.807) is 43.3 Å². The van der Waals surface area contributed by atoms with Crippen molar-refractivity contribution in [2.75, 3.05) is 14.1 Å². The molecule has 3 aliphatic carbocycles. The van der Waals surface area contributed by atoms with E-state index in [4.69, 9.17) is 10.5 Å². The lowest BCUT2D eigenvalue weighted by atomic mass is 9.49. The molecule has 0 radical (unpaired) electrons. The number of esters is 1. The number of phenolic OH excluding ortho intramolecular Hbond substituents is 1. The Labute approximate surface area is 235 Å². The van der Waals surface area contributed by atoms with Crippen LogP contribution in [0.4, 0.5) is 0 Å². The van der Waals surface area contributed by atoms with Crippen LogP contribution in [0.1, 0.15) is 34.3 Å². The van der Waals surface area contributed by atoms with E-state index in [1.165, 1.54) is 31.1 Å². The van der Waals surface area contributed by atoms with Crippen LogP contribution >= 0.6 is 0 Å². The lowest BCUT2D eigenvalue weighted by Crippen LogP contribution is -2.78. The molecule has 11 heteroatoms. The summed E-state index contributed by atoms with van der Waals surface area (Å²) in [6, 6.07) is 11.6. The Bertz CT molecular complexity index is 1490. The summed E-state index contributed by atoms with van der Waals surface area (Å²) in [5.41, 5.74) is 3.20. The summed E-state index contributed by atoms with van der Waals surface area (Å²) in [6.07, 6.45) is -1.69. The second kappa shape index (κ2) is 10.0. The number of benzene rings is 2. The number of fused-ring (bicyclic) bond motifs is 3. The molecule has 2 aromatic rings. The van der Waals surface area contributed by atoms with Gasteiger partial charge in [0.05, 0.1) is 29.9 Å². The van der Waals surface area contributed by atoms with Crippen molar-refractivity contribution in [3.8, 4) is 5.75 Å². The largest absolute Gasteiger partial charge is 0.507 e. The van der Waals surface area contributed by atoms with Crippen LogP contribution in [0.15, 0.2) is 48.5 Å². The summed E-state index contributed by atoms with van der Waals surface area (Å²) < 4.78 is 5.97. The predicted molar refractivity (Wildman–Crippen MR) is 141 cm³/mol. The fourth-order valence-corrected chi connectivity index (χ4v) is 7.02. The van der Waals surface area contributed by atoms with Crippen molar-refractivity contribution in [1.82, 2.24) is 4.90 Å². The Morgan fingerprint density at radius 2 is 1.66 bits per heavy atom. The Balaban J connectivity index is 1.72. The zero-order chi connectivity index (χ0) is 30.0. The summed E-state index contributed by atoms with van der Waals surface area (Å²) >= 11 is 0. The normalized spacial score (nSPS) is 32.7. The molecule has 2 saturated carbocycles. The number of aromatic hydroxyl groups is 1. The van der Waals surface area contributed by atoms with Gasteiger partial charge in [-0.05, 0) is 37.2 Å². The SMILES string of the molecule is C[C@@H]1c2cccc(O)c2C(=O)C2C(=O)[C@@]3(O)C(=O)C(C(N)=O)C(=O)[C@H](N(C)C)[C@H]3[C@H](OC(=O)Cc3ccccc3)[C@H]21. The monoisotopic (exact) mass is 562 g/mol. The number of ketones is 4. The second-order valence-corrected chi connectivity index (χ2v) is 11.2. The number of nitrogens with zero attached hydrogens (tertiary/aromatic N) is 1. The lowest BCUT2D eigenvalue weighted by molar-refractivity contribution is -0.205. The van der Waals surface area contributed by atoms with Crippen LogP contribution in [0.25, 0.3) is 0 Å². The third-order valence-corrected chi connectivity index (χ3v) is 8.78. The van der Waals surface area contributed by atoms with Crippen molar-refractivity contribution in [3.05, 3.63) is 65.2 Å². The van der Waals surface area contributed by atoms with Crippen molar-refractivity contribution in [1.29, 1.82) is 0 Å². The smallest absolute Gasteiger partial charge is 0.310 e. The van der Waals surface area contributed by atoms with Crippen molar-refractivity contribution >= 4 is 35.0 Å². The zero-order valence-electron chi connectivity index (χ0n) is 22.6. The fraction of sp³-hybridized carbons (Fsp3) is 0.400. The molecule has 41 heavy (non-hydrogen) atoms. The quantitative estimate of drug-likeness (QED) is 0.336. The summed E-state index contributed by atoms with van der Waals surface area (Å²) in [4.78, 5) is 82.3. The Morgan fingerprint density at radius 3 is 2.27 bits per heavy atom. The van der Waals surface area contributed by atoms with Gasteiger partial charge in [-0.15, -0.1) is 0 Å². The van der Waals surface area contributed by atoms with Gasteiger partial charge in [0.25, 0.3) is 0 Å². The third kappa shape index (κ3) is 4.10. The summed E-state index contributed by atoms with van der Waals surface area (Å²) in [5.74, 6) is -14.3. The highest BCUT2D eigenvalue weighted by molar-refractivity contribution is 6.32. The summed E-state index contributed by atoms with van der Waals surface area (Å²) in [5, 5.41) is 22.6. The van der Waals surface area contributed by atoms with Gasteiger partial charge in [0.1, 0.15) is 11.9 Å². The minimum absolute atomic E-state index is 0.138. The number of primary amides is 1. The number of ether oxygens (including phenoxy) is 1. The topological polar surface area (TPSA) is 181 Å². The van der Waals surface area contributed by atoms with Crippen LogP contribution in [0.2, 0.25) is 0 Å². The van der Waals surface area contributed by atoms with E-state index >= 15 is 0 Å². The number of rotatable bonds is 5. The Morgan fingerprint density at radius 1 is 1.00 bits per heavy atom. The molecule has 0 aromatic heterocycles. The van der Waals surface area contributed by atoms with E-state index in [0.717, 1.165) is 0 Å². The Hall–Kier alpha value is -4.22. The van der Waals surface area contributed by atoms with Crippen LogP contribution in [0, 0.1) is 23.7 Å². The molecule has 5 rings (SSSR count). The number of likely N-dealkylation sites (N-methyl/N-ethyl adjacent to an activating group) is 1. The Kier molecular flexibility index (Phi) is 6.91. The predicted octanol–water partition coefficient (Wildman–Crippen LogP) is 0.192. The van der Waals surface area contributed by atoms with Gasteiger partial charge in [-0.25, -0.2) is 0 Å². The first-order chi connectivity index (χ1) is 19.3. The molecular formula is C30H30N2O9. The van der Waals surface area contributed by atoms with Crippen LogP contribution in [-0.2, 0) is 35.1 Å². The molecular weight excluding hydrogens is 532 g/mol. The van der Waals surface area contributed by atoms with Gasteiger partial charge in [0, 0.05) is 5.92 Å². The van der Waals surface area contributed by atoms with Crippen molar-refractivity contribution in [2.24, 2.45) is 29.4 Å². The zero-order valence-corrected chi connectivity index (χ0v) is 22.6. The first kappa shape index (κ1) is 28.3. The number of hydrogen-bond acceptors (Lipinski definition) is 10. The maximum absolute atomic E-state index is 14.2. The molecule has 8 atom stereocenters. The number of aliphatic hydroxyl groups is 1. The van der Waals surface area contributed by atoms with Gasteiger partial charge in [0.15, 0.2) is 34.7 Å². The molecule has 1 amide bonds.